The van der Waals surface area contributed by atoms with Crippen LogP contribution in [0.3, 0.4) is 0 Å². The monoisotopic (exact) mass is 274 g/mol. The van der Waals surface area contributed by atoms with Crippen LogP contribution < -0.4 is 5.32 Å². The Hall–Kier alpha value is -2.30. The van der Waals surface area contributed by atoms with Gasteiger partial charge in [-0.1, -0.05) is 25.1 Å². The Morgan fingerprint density at radius 1 is 1.35 bits per heavy atom. The van der Waals surface area contributed by atoms with Crippen LogP contribution in [0.5, 0.6) is 0 Å². The number of aromatic nitrogens is 1. The normalized spacial score (nSPS) is 12.3. The van der Waals surface area contributed by atoms with E-state index in [1.165, 1.54) is 0 Å². The highest BCUT2D eigenvalue weighted by molar-refractivity contribution is 5.91. The maximum Gasteiger partial charge on any atom is 0.326 e. The molecule has 5 nitrogen and oxygen atoms in total. The predicted molar refractivity (Wildman–Crippen MR) is 76.6 cm³/mol. The number of carboxylic acid groups (broad SMARTS) is 1. The minimum atomic E-state index is -1.00. The van der Waals surface area contributed by atoms with E-state index in [1.54, 1.807) is 6.92 Å². The van der Waals surface area contributed by atoms with E-state index in [2.05, 4.69) is 10.3 Å². The zero-order valence-corrected chi connectivity index (χ0v) is 11.6. The quantitative estimate of drug-likeness (QED) is 0.780. The first-order chi connectivity index (χ1) is 9.52. The van der Waals surface area contributed by atoms with Crippen LogP contribution in [0.1, 0.15) is 24.6 Å². The topological polar surface area (TPSA) is 82.2 Å². The van der Waals surface area contributed by atoms with E-state index in [0.717, 1.165) is 22.2 Å². The second kappa shape index (κ2) is 5.77. The van der Waals surface area contributed by atoms with Crippen molar-refractivity contribution < 1.29 is 14.7 Å². The number of fused-ring (bicyclic) bond motifs is 1. The van der Waals surface area contributed by atoms with Gasteiger partial charge in [0.1, 0.15) is 6.04 Å². The molecule has 1 amide bonds. The number of hydrogen-bond acceptors (Lipinski definition) is 2. The number of rotatable bonds is 5. The van der Waals surface area contributed by atoms with Gasteiger partial charge in [0.2, 0.25) is 5.91 Å². The number of benzene rings is 1. The number of carboxylic acids is 1. The summed E-state index contributed by atoms with van der Waals surface area (Å²) < 4.78 is 0. The Bertz CT molecular complexity index is 646. The van der Waals surface area contributed by atoms with Crippen molar-refractivity contribution in [2.45, 2.75) is 32.7 Å². The Morgan fingerprint density at radius 3 is 2.70 bits per heavy atom. The van der Waals surface area contributed by atoms with Gasteiger partial charge in [0, 0.05) is 16.6 Å². The third-order valence-corrected chi connectivity index (χ3v) is 3.41. The molecule has 1 aromatic heterocycles. The van der Waals surface area contributed by atoms with Crippen LogP contribution in [0.15, 0.2) is 24.3 Å². The Morgan fingerprint density at radius 2 is 2.05 bits per heavy atom. The molecule has 1 aromatic carbocycles. The van der Waals surface area contributed by atoms with E-state index in [4.69, 9.17) is 5.11 Å². The van der Waals surface area contributed by atoms with Crippen LogP contribution in [0.25, 0.3) is 10.9 Å². The standard InChI is InChI=1S/C15H18N2O3/c1-3-12(15(19)20)17-14(18)8-11-9(2)16-13-7-5-4-6-10(11)13/h4-7,12,16H,3,8H2,1-2H3,(H,17,18)(H,19,20)/t12-/m1/s1. The summed E-state index contributed by atoms with van der Waals surface area (Å²) in [6.45, 7) is 3.65. The van der Waals surface area contributed by atoms with Crippen LogP contribution in [-0.4, -0.2) is 28.0 Å². The minimum Gasteiger partial charge on any atom is -0.480 e. The summed E-state index contributed by atoms with van der Waals surface area (Å²) in [6.07, 6.45) is 0.549. The zero-order valence-electron chi connectivity index (χ0n) is 11.6. The molecule has 1 heterocycles. The van der Waals surface area contributed by atoms with Crippen LogP contribution in [0.4, 0.5) is 0 Å². The first-order valence-corrected chi connectivity index (χ1v) is 6.61. The maximum absolute atomic E-state index is 12.0. The van der Waals surface area contributed by atoms with Gasteiger partial charge < -0.3 is 15.4 Å². The summed E-state index contributed by atoms with van der Waals surface area (Å²) in [5.41, 5.74) is 2.83. The molecule has 20 heavy (non-hydrogen) atoms. The first-order valence-electron chi connectivity index (χ1n) is 6.61. The first kappa shape index (κ1) is 14.1. The van der Waals surface area contributed by atoms with Gasteiger partial charge in [-0.2, -0.15) is 0 Å². The minimum absolute atomic E-state index is 0.180. The van der Waals surface area contributed by atoms with E-state index < -0.39 is 12.0 Å². The number of H-pyrrole nitrogens is 1. The van der Waals surface area contributed by atoms with Crippen molar-refractivity contribution in [1.82, 2.24) is 10.3 Å². The lowest BCUT2D eigenvalue weighted by Gasteiger charge is -2.12. The highest BCUT2D eigenvalue weighted by Crippen LogP contribution is 2.22. The average molecular weight is 274 g/mol. The number of carbonyl (C=O) groups is 2. The highest BCUT2D eigenvalue weighted by atomic mass is 16.4. The van der Waals surface area contributed by atoms with Gasteiger partial charge >= 0.3 is 5.97 Å². The van der Waals surface area contributed by atoms with Gasteiger partial charge in [0.15, 0.2) is 0 Å². The molecule has 1 atom stereocenters. The van der Waals surface area contributed by atoms with Crippen LogP contribution in [0, 0.1) is 6.92 Å². The Labute approximate surface area is 117 Å². The fraction of sp³-hybridized carbons (Fsp3) is 0.333. The molecule has 0 saturated carbocycles. The van der Waals surface area contributed by atoms with E-state index in [-0.39, 0.29) is 12.3 Å². The smallest absolute Gasteiger partial charge is 0.326 e. The largest absolute Gasteiger partial charge is 0.480 e. The number of aromatic amines is 1. The average Bonchev–Trinajstić information content (AvgIpc) is 2.72. The Balaban J connectivity index is 2.18. The number of nitrogens with one attached hydrogen (secondary N) is 2. The molecule has 2 aromatic rings. The second-order valence-corrected chi connectivity index (χ2v) is 4.82. The lowest BCUT2D eigenvalue weighted by Crippen LogP contribution is -2.41. The third kappa shape index (κ3) is 2.82. The molecule has 2 rings (SSSR count). The van der Waals surface area contributed by atoms with Crippen molar-refractivity contribution in [1.29, 1.82) is 0 Å². The summed E-state index contributed by atoms with van der Waals surface area (Å²) in [5.74, 6) is -1.27. The maximum atomic E-state index is 12.0. The molecule has 0 spiro atoms. The molecule has 0 radical (unpaired) electrons. The summed E-state index contributed by atoms with van der Waals surface area (Å²) in [6, 6.07) is 6.93. The fourth-order valence-electron chi connectivity index (χ4n) is 2.31. The Kier molecular flexibility index (Phi) is 4.08. The van der Waals surface area contributed by atoms with Crippen molar-refractivity contribution in [3.63, 3.8) is 0 Å². The lowest BCUT2D eigenvalue weighted by molar-refractivity contribution is -0.141. The molecule has 0 aliphatic carbocycles. The number of para-hydroxylation sites is 1. The third-order valence-electron chi connectivity index (χ3n) is 3.41. The number of aliphatic carboxylic acids is 1. The summed E-state index contributed by atoms with van der Waals surface area (Å²) >= 11 is 0. The molecule has 5 heteroatoms. The summed E-state index contributed by atoms with van der Waals surface area (Å²) in [5, 5.41) is 12.5. The molecule has 0 saturated heterocycles. The number of aryl methyl sites for hydroxylation is 1. The molecule has 0 bridgehead atoms. The van der Waals surface area contributed by atoms with Crippen molar-refractivity contribution >= 4 is 22.8 Å². The molecular formula is C15H18N2O3. The molecule has 106 valence electrons. The highest BCUT2D eigenvalue weighted by Gasteiger charge is 2.19. The molecule has 0 aliphatic heterocycles. The summed E-state index contributed by atoms with van der Waals surface area (Å²) in [7, 11) is 0. The van der Waals surface area contributed by atoms with Gasteiger partial charge in [0.05, 0.1) is 6.42 Å². The van der Waals surface area contributed by atoms with Gasteiger partial charge in [-0.15, -0.1) is 0 Å². The van der Waals surface area contributed by atoms with E-state index in [0.29, 0.717) is 6.42 Å². The molecule has 0 fully saturated rings. The fourth-order valence-corrected chi connectivity index (χ4v) is 2.31. The summed E-state index contributed by atoms with van der Waals surface area (Å²) in [4.78, 5) is 26.1. The van der Waals surface area contributed by atoms with E-state index >= 15 is 0 Å². The van der Waals surface area contributed by atoms with Gasteiger partial charge in [-0.05, 0) is 25.0 Å². The number of amides is 1. The van der Waals surface area contributed by atoms with Gasteiger partial charge in [0.25, 0.3) is 0 Å². The van der Waals surface area contributed by atoms with Gasteiger partial charge in [-0.25, -0.2) is 4.79 Å². The number of carbonyl (C=O) groups excluding carboxylic acids is 1. The van der Waals surface area contributed by atoms with Crippen LogP contribution in [-0.2, 0) is 16.0 Å². The predicted octanol–water partition coefficient (Wildman–Crippen LogP) is 2.00. The van der Waals surface area contributed by atoms with E-state index in [9.17, 15) is 9.59 Å². The SMILES string of the molecule is CC[C@@H](NC(=O)Cc1c(C)[nH]c2ccccc12)C(=O)O. The molecule has 3 N–H and O–H groups in total. The van der Waals surface area contributed by atoms with Gasteiger partial charge in [-0.3, -0.25) is 4.79 Å². The van der Waals surface area contributed by atoms with Crippen molar-refractivity contribution in [2.75, 3.05) is 0 Å². The second-order valence-electron chi connectivity index (χ2n) is 4.82. The van der Waals surface area contributed by atoms with Crippen molar-refractivity contribution in [2.24, 2.45) is 0 Å². The molecular weight excluding hydrogens is 256 g/mol. The number of hydrogen-bond donors (Lipinski definition) is 3. The lowest BCUT2D eigenvalue weighted by atomic mass is 10.1. The van der Waals surface area contributed by atoms with Crippen molar-refractivity contribution in [3.05, 3.63) is 35.5 Å². The van der Waals surface area contributed by atoms with Crippen molar-refractivity contribution in [3.8, 4) is 0 Å². The molecule has 0 aliphatic rings. The van der Waals surface area contributed by atoms with E-state index in [1.807, 2.05) is 31.2 Å². The molecule has 0 unspecified atom stereocenters. The van der Waals surface area contributed by atoms with Crippen LogP contribution >= 0.6 is 0 Å². The zero-order chi connectivity index (χ0) is 14.7. The van der Waals surface area contributed by atoms with Crippen LogP contribution in [0.2, 0.25) is 0 Å².